The van der Waals surface area contributed by atoms with Crippen molar-refractivity contribution in [1.82, 2.24) is 0 Å². The summed E-state index contributed by atoms with van der Waals surface area (Å²) < 4.78 is 16.9. The van der Waals surface area contributed by atoms with Crippen LogP contribution in [0.1, 0.15) is 54.9 Å². The van der Waals surface area contributed by atoms with Gasteiger partial charge in [0, 0.05) is 0 Å². The summed E-state index contributed by atoms with van der Waals surface area (Å²) in [7, 11) is 1.02. The first-order valence-corrected chi connectivity index (χ1v) is 13.5. The van der Waals surface area contributed by atoms with Crippen molar-refractivity contribution >= 4 is 14.3 Å². The zero-order valence-corrected chi connectivity index (χ0v) is 21.5. The van der Waals surface area contributed by atoms with Crippen molar-refractivity contribution in [2.45, 2.75) is 79.1 Å². The molecule has 0 aliphatic rings. The van der Waals surface area contributed by atoms with Crippen LogP contribution in [0.4, 0.5) is 0 Å². The Morgan fingerprint density at radius 1 is 1.07 bits per heavy atom. The molecule has 170 valence electrons. The van der Waals surface area contributed by atoms with Crippen molar-refractivity contribution in [3.8, 4) is 12.3 Å². The van der Waals surface area contributed by atoms with Gasteiger partial charge < -0.3 is 13.9 Å². The van der Waals surface area contributed by atoms with E-state index < -0.39 is 14.3 Å². The molecule has 0 heterocycles. The van der Waals surface area contributed by atoms with Crippen LogP contribution >= 0.6 is 0 Å². The van der Waals surface area contributed by atoms with Crippen molar-refractivity contribution in [3.63, 3.8) is 0 Å². The first-order valence-electron chi connectivity index (χ1n) is 10.9. The van der Waals surface area contributed by atoms with Crippen LogP contribution in [-0.4, -0.2) is 34.6 Å². The number of ether oxygens (including phenoxy) is 2. The smallest absolute Gasteiger partial charge is 0.373 e. The van der Waals surface area contributed by atoms with Crippen LogP contribution < -0.4 is 0 Å². The van der Waals surface area contributed by atoms with Gasteiger partial charge in [0.15, 0.2) is 8.32 Å². The van der Waals surface area contributed by atoms with Gasteiger partial charge in [-0.25, -0.2) is 4.79 Å². The SMILES string of the molecule is C#C/C=C(\C)C[C@H](C)[C@H](O[Si](CC)(CC)CC)[C@H](C)/C=C(C)/C=C(\OC)C(=O)OC. The number of carbonyl (C=O) groups excluding carboxylic acids is 1. The first-order chi connectivity index (χ1) is 14.1. The Balaban J connectivity index is 5.92. The number of allylic oxidation sites excluding steroid dienone is 4. The fraction of sp³-hybridized carbons (Fsp3) is 0.640. The Labute approximate surface area is 185 Å². The molecule has 0 radical (unpaired) electrons. The van der Waals surface area contributed by atoms with Crippen molar-refractivity contribution < 1.29 is 18.7 Å². The summed E-state index contributed by atoms with van der Waals surface area (Å²) in [5.41, 5.74) is 2.13. The second kappa shape index (κ2) is 14.3. The lowest BCUT2D eigenvalue weighted by molar-refractivity contribution is -0.139. The van der Waals surface area contributed by atoms with Gasteiger partial charge in [-0.3, -0.25) is 0 Å². The fourth-order valence-corrected chi connectivity index (χ4v) is 6.95. The molecule has 0 saturated carbocycles. The summed E-state index contributed by atoms with van der Waals surface area (Å²) in [4.78, 5) is 11.8. The number of carbonyl (C=O) groups is 1. The number of terminal acetylenes is 1. The Kier molecular flexibility index (Phi) is 13.4. The van der Waals surface area contributed by atoms with Crippen molar-refractivity contribution in [1.29, 1.82) is 0 Å². The number of esters is 1. The van der Waals surface area contributed by atoms with E-state index in [1.54, 1.807) is 6.08 Å². The number of rotatable bonds is 13. The van der Waals surface area contributed by atoms with E-state index in [0.717, 1.165) is 30.1 Å². The van der Waals surface area contributed by atoms with Gasteiger partial charge in [-0.15, -0.1) is 6.42 Å². The molecule has 0 rings (SSSR count). The molecule has 0 aromatic heterocycles. The summed E-state index contributed by atoms with van der Waals surface area (Å²) >= 11 is 0. The zero-order valence-electron chi connectivity index (χ0n) is 20.5. The molecule has 30 heavy (non-hydrogen) atoms. The molecule has 0 bridgehead atoms. The van der Waals surface area contributed by atoms with Crippen molar-refractivity contribution in [2.75, 3.05) is 14.2 Å². The van der Waals surface area contributed by atoms with Gasteiger partial charge >= 0.3 is 5.97 Å². The Morgan fingerprint density at radius 2 is 1.63 bits per heavy atom. The largest absolute Gasteiger partial charge is 0.490 e. The predicted octanol–water partition coefficient (Wildman–Crippen LogP) is 6.27. The highest BCUT2D eigenvalue weighted by atomic mass is 28.4. The fourth-order valence-electron chi connectivity index (χ4n) is 3.92. The second-order valence-corrected chi connectivity index (χ2v) is 12.9. The standard InChI is InChI=1S/C25H42O4Si/c1-11-15-19(5)16-21(7)24(29-30(12-2,13-3)14-4)22(8)17-20(6)18-23(27-9)25(26)28-10/h1,15,17-18,21-22,24H,12-14,16H2,2-10H3/b19-15+,20-17+,23-18-/t21-,22+,24-/m0/s1. The molecule has 0 fully saturated rings. The average Bonchev–Trinajstić information content (AvgIpc) is 2.72. The average molecular weight is 435 g/mol. The van der Waals surface area contributed by atoms with Crippen LogP contribution in [0.25, 0.3) is 0 Å². The molecule has 0 spiro atoms. The zero-order chi connectivity index (χ0) is 23.3. The lowest BCUT2D eigenvalue weighted by atomic mass is 9.87. The summed E-state index contributed by atoms with van der Waals surface area (Å²) in [6, 6.07) is 3.32. The topological polar surface area (TPSA) is 44.8 Å². The molecule has 0 aliphatic heterocycles. The van der Waals surface area contributed by atoms with Crippen LogP contribution in [-0.2, 0) is 18.7 Å². The third-order valence-corrected chi connectivity index (χ3v) is 10.5. The second-order valence-electron chi connectivity index (χ2n) is 8.14. The first kappa shape index (κ1) is 28.2. The maximum absolute atomic E-state index is 11.8. The molecule has 0 aromatic rings. The highest BCUT2D eigenvalue weighted by Gasteiger charge is 2.35. The van der Waals surface area contributed by atoms with E-state index in [2.05, 4.69) is 53.5 Å². The maximum atomic E-state index is 11.8. The molecule has 0 aromatic carbocycles. The third-order valence-electron chi connectivity index (χ3n) is 5.86. The quantitative estimate of drug-likeness (QED) is 0.0856. The minimum Gasteiger partial charge on any atom is -0.490 e. The Hall–Kier alpha value is -1.77. The molecular weight excluding hydrogens is 392 g/mol. The summed E-state index contributed by atoms with van der Waals surface area (Å²) in [5, 5.41) is 0. The number of hydrogen-bond acceptors (Lipinski definition) is 4. The summed E-state index contributed by atoms with van der Waals surface area (Å²) in [5.74, 6) is 2.82. The van der Waals surface area contributed by atoms with Gasteiger partial charge in [0.05, 0.1) is 20.3 Å². The molecule has 0 amide bonds. The lowest BCUT2D eigenvalue weighted by Crippen LogP contribution is -2.44. The molecule has 0 N–H and O–H groups in total. The van der Waals surface area contributed by atoms with Gasteiger partial charge in [0.25, 0.3) is 0 Å². The van der Waals surface area contributed by atoms with E-state index in [0.29, 0.717) is 5.92 Å². The van der Waals surface area contributed by atoms with E-state index in [-0.39, 0.29) is 17.8 Å². The third kappa shape index (κ3) is 8.93. The van der Waals surface area contributed by atoms with Crippen LogP contribution in [0.3, 0.4) is 0 Å². The predicted molar refractivity (Wildman–Crippen MR) is 128 cm³/mol. The van der Waals surface area contributed by atoms with E-state index in [9.17, 15) is 4.79 Å². The number of hydrogen-bond donors (Lipinski definition) is 0. The van der Waals surface area contributed by atoms with E-state index in [1.165, 1.54) is 19.8 Å². The molecule has 3 atom stereocenters. The molecule has 0 aliphatic carbocycles. The number of methoxy groups -OCH3 is 2. The minimum atomic E-state index is -1.79. The maximum Gasteiger partial charge on any atom is 0.373 e. The monoisotopic (exact) mass is 434 g/mol. The summed E-state index contributed by atoms with van der Waals surface area (Å²) in [6.07, 6.45) is 12.1. The van der Waals surface area contributed by atoms with Gasteiger partial charge in [0.1, 0.15) is 0 Å². The van der Waals surface area contributed by atoms with E-state index >= 15 is 0 Å². The molecule has 4 nitrogen and oxygen atoms in total. The van der Waals surface area contributed by atoms with Crippen LogP contribution in [0, 0.1) is 24.2 Å². The summed E-state index contributed by atoms with van der Waals surface area (Å²) in [6.45, 7) is 15.2. The minimum absolute atomic E-state index is 0.0742. The van der Waals surface area contributed by atoms with Crippen LogP contribution in [0.5, 0.6) is 0 Å². The molecule has 0 saturated heterocycles. The highest BCUT2D eigenvalue weighted by Crippen LogP contribution is 2.32. The lowest BCUT2D eigenvalue weighted by Gasteiger charge is -2.38. The van der Waals surface area contributed by atoms with Crippen LogP contribution in [0.15, 0.2) is 35.1 Å². The Morgan fingerprint density at radius 3 is 2.07 bits per heavy atom. The van der Waals surface area contributed by atoms with Gasteiger partial charge in [-0.05, 0) is 62.4 Å². The van der Waals surface area contributed by atoms with Gasteiger partial charge in [0.2, 0.25) is 5.76 Å². The van der Waals surface area contributed by atoms with E-state index in [1.807, 2.05) is 13.0 Å². The van der Waals surface area contributed by atoms with Crippen molar-refractivity contribution in [3.05, 3.63) is 35.1 Å². The molecule has 0 unspecified atom stereocenters. The molecular formula is C25H42O4Si. The van der Waals surface area contributed by atoms with Crippen LogP contribution in [0.2, 0.25) is 18.1 Å². The van der Waals surface area contributed by atoms with Gasteiger partial charge in [-0.1, -0.05) is 57.8 Å². The van der Waals surface area contributed by atoms with Crippen molar-refractivity contribution in [2.24, 2.45) is 11.8 Å². The Bertz CT molecular complexity index is 657. The highest BCUT2D eigenvalue weighted by molar-refractivity contribution is 6.73. The molecule has 5 heteroatoms. The normalized spacial score (nSPS) is 16.5. The van der Waals surface area contributed by atoms with E-state index in [4.69, 9.17) is 20.3 Å². The van der Waals surface area contributed by atoms with Gasteiger partial charge in [-0.2, -0.15) is 0 Å².